The Morgan fingerprint density at radius 1 is 1.10 bits per heavy atom. The molecule has 0 radical (unpaired) electrons. The molecule has 2 saturated heterocycles. The lowest BCUT2D eigenvalue weighted by Gasteiger charge is -2.34. The highest BCUT2D eigenvalue weighted by Crippen LogP contribution is 2.51. The van der Waals surface area contributed by atoms with Crippen LogP contribution in [0.4, 0.5) is 5.69 Å². The first-order valence-corrected chi connectivity index (χ1v) is 11.3. The second kappa shape index (κ2) is 7.94. The van der Waals surface area contributed by atoms with E-state index >= 15 is 0 Å². The predicted molar refractivity (Wildman–Crippen MR) is 110 cm³/mol. The number of fused-ring (bicyclic) bond motifs is 3. The normalized spacial score (nSPS) is 31.8. The Morgan fingerprint density at radius 3 is 2.43 bits per heavy atom. The summed E-state index contributed by atoms with van der Waals surface area (Å²) in [5.74, 6) is -1.56. The molecule has 5 rings (SSSR count). The van der Waals surface area contributed by atoms with Crippen molar-refractivity contribution < 1.29 is 23.8 Å². The number of anilines is 1. The summed E-state index contributed by atoms with van der Waals surface area (Å²) >= 11 is 0. The van der Waals surface area contributed by atoms with Gasteiger partial charge in [0.05, 0.1) is 37.1 Å². The van der Waals surface area contributed by atoms with E-state index in [4.69, 9.17) is 14.2 Å². The second-order valence-electron chi connectivity index (χ2n) is 8.75. The van der Waals surface area contributed by atoms with Gasteiger partial charge in [0, 0.05) is 18.7 Å². The highest BCUT2D eigenvalue weighted by Gasteiger charge is 2.61. The zero-order valence-corrected chi connectivity index (χ0v) is 17.5. The maximum atomic E-state index is 13.6. The maximum Gasteiger partial charge on any atom is 0.309 e. The molecule has 1 saturated carbocycles. The van der Waals surface area contributed by atoms with Crippen molar-refractivity contribution in [1.82, 2.24) is 4.90 Å². The van der Waals surface area contributed by atoms with Gasteiger partial charge in [-0.2, -0.15) is 0 Å². The number of rotatable bonds is 4. The van der Waals surface area contributed by atoms with Crippen LogP contribution < -0.4 is 4.90 Å². The van der Waals surface area contributed by atoms with Crippen LogP contribution in [-0.2, 0) is 29.6 Å². The molecule has 7 heteroatoms. The lowest BCUT2D eigenvalue weighted by atomic mass is 9.95. The van der Waals surface area contributed by atoms with Crippen LogP contribution in [0.2, 0.25) is 0 Å². The minimum absolute atomic E-state index is 0.00368. The molecule has 1 aliphatic carbocycles. The van der Waals surface area contributed by atoms with Crippen molar-refractivity contribution >= 4 is 17.6 Å². The fourth-order valence-corrected chi connectivity index (χ4v) is 5.31. The number of amides is 1. The third-order valence-electron chi connectivity index (χ3n) is 6.90. The number of para-hydroxylation sites is 1. The van der Waals surface area contributed by atoms with E-state index in [-0.39, 0.29) is 30.0 Å². The van der Waals surface area contributed by atoms with Crippen molar-refractivity contribution in [3.63, 3.8) is 0 Å². The predicted octanol–water partition coefficient (Wildman–Crippen LogP) is 2.78. The monoisotopic (exact) mass is 414 g/mol. The van der Waals surface area contributed by atoms with Crippen LogP contribution in [-0.4, -0.2) is 55.3 Å². The topological polar surface area (TPSA) is 68.3 Å². The van der Waals surface area contributed by atoms with E-state index in [1.54, 1.807) is 4.90 Å². The van der Waals surface area contributed by atoms with Crippen molar-refractivity contribution in [2.45, 2.75) is 63.4 Å². The molecular formula is C23H30N2O5. The van der Waals surface area contributed by atoms with Crippen LogP contribution in [0.15, 0.2) is 24.3 Å². The molecule has 1 aromatic carbocycles. The Balaban J connectivity index is 1.32. The number of ether oxygens (including phenoxy) is 3. The van der Waals surface area contributed by atoms with Crippen LogP contribution in [0.25, 0.3) is 0 Å². The largest absolute Gasteiger partial charge is 0.466 e. The molecular weight excluding hydrogens is 384 g/mol. The van der Waals surface area contributed by atoms with Crippen molar-refractivity contribution in [3.05, 3.63) is 29.8 Å². The molecule has 1 spiro atoms. The number of carbonyl (C=O) groups is 2. The molecule has 3 fully saturated rings. The molecule has 30 heavy (non-hydrogen) atoms. The van der Waals surface area contributed by atoms with Gasteiger partial charge in [-0.05, 0) is 38.7 Å². The first-order chi connectivity index (χ1) is 14.6. The summed E-state index contributed by atoms with van der Waals surface area (Å²) < 4.78 is 17.9. The summed E-state index contributed by atoms with van der Waals surface area (Å²) in [5, 5.41) is 0. The summed E-state index contributed by atoms with van der Waals surface area (Å²) in [6.07, 6.45) is 5.64. The average Bonchev–Trinajstić information content (AvgIpc) is 3.27. The van der Waals surface area contributed by atoms with Crippen LogP contribution in [0.5, 0.6) is 0 Å². The van der Waals surface area contributed by atoms with E-state index in [1.807, 2.05) is 31.2 Å². The van der Waals surface area contributed by atoms with Gasteiger partial charge in [0.1, 0.15) is 0 Å². The molecule has 0 aromatic heterocycles. The summed E-state index contributed by atoms with van der Waals surface area (Å²) in [7, 11) is 0. The van der Waals surface area contributed by atoms with Crippen LogP contribution in [0.1, 0.15) is 51.0 Å². The van der Waals surface area contributed by atoms with Crippen molar-refractivity contribution in [3.8, 4) is 0 Å². The third-order valence-corrected chi connectivity index (χ3v) is 6.90. The lowest BCUT2D eigenvalue weighted by Crippen LogP contribution is -2.48. The standard InChI is InChI=1S/C23H30N2O5/c1-2-28-21(26)16-11-13-24(14-12-16)15-25-18-8-4-3-7-17(18)23(22(25)27)29-19-9-5-6-10-20(19)30-23/h3-4,7-8,16,19-20H,2,5-6,9-15H2,1H3. The Hall–Kier alpha value is -1.96. The Morgan fingerprint density at radius 2 is 1.77 bits per heavy atom. The van der Waals surface area contributed by atoms with Gasteiger partial charge in [-0.25, -0.2) is 0 Å². The number of hydrogen-bond acceptors (Lipinski definition) is 6. The van der Waals surface area contributed by atoms with E-state index < -0.39 is 5.79 Å². The summed E-state index contributed by atoms with van der Waals surface area (Å²) in [6.45, 7) is 4.25. The van der Waals surface area contributed by atoms with Crippen molar-refractivity contribution in [2.24, 2.45) is 5.92 Å². The van der Waals surface area contributed by atoms with Gasteiger partial charge in [-0.3, -0.25) is 19.4 Å². The van der Waals surface area contributed by atoms with E-state index in [0.717, 1.165) is 62.9 Å². The number of piperidine rings is 1. The Kier molecular flexibility index (Phi) is 5.29. The third kappa shape index (κ3) is 3.24. The Bertz CT molecular complexity index is 806. The highest BCUT2D eigenvalue weighted by molar-refractivity contribution is 6.06. The molecule has 4 aliphatic rings. The SMILES string of the molecule is CCOC(=O)C1CCN(CN2C(=O)C3(OC4CCCCC4O3)c3ccccc32)CC1. The van der Waals surface area contributed by atoms with Gasteiger partial charge in [0.2, 0.25) is 0 Å². The number of carbonyl (C=O) groups excluding carboxylic acids is 2. The van der Waals surface area contributed by atoms with E-state index in [1.165, 1.54) is 0 Å². The molecule has 7 nitrogen and oxygen atoms in total. The number of nitrogens with zero attached hydrogens (tertiary/aromatic N) is 2. The quantitative estimate of drug-likeness (QED) is 0.706. The van der Waals surface area contributed by atoms with Gasteiger partial charge in [0.25, 0.3) is 11.7 Å². The molecule has 3 heterocycles. The molecule has 0 bridgehead atoms. The molecule has 162 valence electrons. The van der Waals surface area contributed by atoms with E-state index in [9.17, 15) is 9.59 Å². The van der Waals surface area contributed by atoms with Gasteiger partial charge < -0.3 is 14.2 Å². The number of hydrogen-bond donors (Lipinski definition) is 0. The molecule has 2 atom stereocenters. The fraction of sp³-hybridized carbons (Fsp3) is 0.652. The summed E-state index contributed by atoms with van der Waals surface area (Å²) in [4.78, 5) is 29.7. The first-order valence-electron chi connectivity index (χ1n) is 11.3. The van der Waals surface area contributed by atoms with Gasteiger partial charge in [-0.1, -0.05) is 31.0 Å². The van der Waals surface area contributed by atoms with Crippen molar-refractivity contribution in [2.75, 3.05) is 31.3 Å². The van der Waals surface area contributed by atoms with Gasteiger partial charge >= 0.3 is 5.97 Å². The first kappa shape index (κ1) is 20.0. The summed E-state index contributed by atoms with van der Waals surface area (Å²) in [5.41, 5.74) is 1.69. The molecule has 0 N–H and O–H groups in total. The molecule has 1 amide bonds. The zero-order valence-electron chi connectivity index (χ0n) is 17.5. The smallest absolute Gasteiger partial charge is 0.309 e. The number of benzene rings is 1. The molecule has 2 unspecified atom stereocenters. The number of esters is 1. The van der Waals surface area contributed by atoms with Gasteiger partial charge in [-0.15, -0.1) is 0 Å². The lowest BCUT2D eigenvalue weighted by molar-refractivity contribution is -0.190. The minimum atomic E-state index is -1.29. The van der Waals surface area contributed by atoms with E-state index in [0.29, 0.717) is 13.3 Å². The maximum absolute atomic E-state index is 13.6. The zero-order chi connectivity index (χ0) is 20.7. The van der Waals surface area contributed by atoms with Crippen LogP contribution in [0, 0.1) is 5.92 Å². The summed E-state index contributed by atoms with van der Waals surface area (Å²) in [6, 6.07) is 7.82. The van der Waals surface area contributed by atoms with Gasteiger partial charge in [0.15, 0.2) is 0 Å². The number of likely N-dealkylation sites (tertiary alicyclic amines) is 1. The fourth-order valence-electron chi connectivity index (χ4n) is 5.31. The van der Waals surface area contributed by atoms with Crippen LogP contribution in [0.3, 0.4) is 0 Å². The highest BCUT2D eigenvalue weighted by atomic mass is 16.8. The second-order valence-corrected chi connectivity index (χ2v) is 8.75. The van der Waals surface area contributed by atoms with E-state index in [2.05, 4.69) is 4.90 Å². The molecule has 1 aromatic rings. The van der Waals surface area contributed by atoms with Crippen LogP contribution >= 0.6 is 0 Å². The Labute approximate surface area is 177 Å². The molecule has 3 aliphatic heterocycles. The van der Waals surface area contributed by atoms with Crippen molar-refractivity contribution in [1.29, 1.82) is 0 Å². The average molecular weight is 415 g/mol. The minimum Gasteiger partial charge on any atom is -0.466 e.